The van der Waals surface area contributed by atoms with Crippen LogP contribution in [0, 0.1) is 6.92 Å². The molecule has 0 bridgehead atoms. The van der Waals surface area contributed by atoms with E-state index in [1.54, 1.807) is 49.4 Å². The fraction of sp³-hybridized carbons (Fsp3) is 0.105. The van der Waals surface area contributed by atoms with E-state index in [-0.39, 0.29) is 11.7 Å². The van der Waals surface area contributed by atoms with Gasteiger partial charge in [-0.25, -0.2) is 0 Å². The summed E-state index contributed by atoms with van der Waals surface area (Å²) in [5.74, 6) is -0.0708. The number of carbonyl (C=O) groups excluding carboxylic acids is 2. The zero-order valence-electron chi connectivity index (χ0n) is 13.7. The molecular weight excluding hydrogens is 340 g/mol. The highest BCUT2D eigenvalue weighted by Crippen LogP contribution is 2.31. The van der Waals surface area contributed by atoms with Crippen LogP contribution < -0.4 is 5.32 Å². The molecule has 1 heterocycles. The molecule has 6 heteroatoms. The van der Waals surface area contributed by atoms with E-state index in [9.17, 15) is 9.59 Å². The molecule has 0 aliphatic heterocycles. The molecule has 5 nitrogen and oxygen atoms in total. The minimum absolute atomic E-state index is 0.0750. The number of nitrogens with one attached hydrogen (secondary N) is 1. The summed E-state index contributed by atoms with van der Waals surface area (Å²) in [5.41, 5.74) is 2.34. The number of rotatable bonds is 4. The summed E-state index contributed by atoms with van der Waals surface area (Å²) >= 11 is 6.21. The first-order valence-corrected chi connectivity index (χ1v) is 7.98. The van der Waals surface area contributed by atoms with Crippen LogP contribution in [0.2, 0.25) is 5.02 Å². The second kappa shape index (κ2) is 6.91. The Hall–Kier alpha value is -2.92. The third kappa shape index (κ3) is 3.46. The quantitative estimate of drug-likeness (QED) is 0.686. The van der Waals surface area contributed by atoms with Gasteiger partial charge in [0.25, 0.3) is 5.91 Å². The Bertz CT molecular complexity index is 963. The zero-order chi connectivity index (χ0) is 18.0. The van der Waals surface area contributed by atoms with Crippen LogP contribution in [0.5, 0.6) is 0 Å². The van der Waals surface area contributed by atoms with Crippen molar-refractivity contribution >= 4 is 29.0 Å². The number of anilines is 1. The van der Waals surface area contributed by atoms with Gasteiger partial charge in [-0.2, -0.15) is 0 Å². The summed E-state index contributed by atoms with van der Waals surface area (Å²) in [6, 6.07) is 13.8. The van der Waals surface area contributed by atoms with E-state index < -0.39 is 0 Å². The van der Waals surface area contributed by atoms with E-state index in [2.05, 4.69) is 10.5 Å². The standard InChI is InChI=1S/C19H15ClN2O3/c1-11(23)13-6-5-7-14(10-13)21-19(24)17-12(2)25-22-18(17)15-8-3-4-9-16(15)20/h3-10H,1-2H3,(H,21,24). The first-order chi connectivity index (χ1) is 12.0. The van der Waals surface area contributed by atoms with Gasteiger partial charge in [0.2, 0.25) is 0 Å². The molecule has 0 aliphatic carbocycles. The Balaban J connectivity index is 1.96. The number of Topliss-reactive ketones (excluding diaryl/α,β-unsaturated/α-hetero) is 1. The predicted molar refractivity (Wildman–Crippen MR) is 96.1 cm³/mol. The van der Waals surface area contributed by atoms with E-state index in [0.29, 0.717) is 38.9 Å². The number of halogens is 1. The van der Waals surface area contributed by atoms with Crippen molar-refractivity contribution in [1.29, 1.82) is 0 Å². The Kier molecular flexibility index (Phi) is 4.67. The molecule has 0 radical (unpaired) electrons. The average molecular weight is 355 g/mol. The Morgan fingerprint density at radius 2 is 1.88 bits per heavy atom. The van der Waals surface area contributed by atoms with E-state index in [4.69, 9.17) is 16.1 Å². The minimum Gasteiger partial charge on any atom is -0.360 e. The number of aromatic nitrogens is 1. The molecule has 0 aliphatic rings. The lowest BCUT2D eigenvalue weighted by atomic mass is 10.1. The molecule has 0 fully saturated rings. The van der Waals surface area contributed by atoms with Gasteiger partial charge in [0, 0.05) is 16.8 Å². The predicted octanol–water partition coefficient (Wildman–Crippen LogP) is 4.76. The lowest BCUT2D eigenvalue weighted by molar-refractivity contribution is 0.101. The van der Waals surface area contributed by atoms with Gasteiger partial charge in [0.05, 0.1) is 5.02 Å². The van der Waals surface area contributed by atoms with Gasteiger partial charge in [0.15, 0.2) is 5.78 Å². The van der Waals surface area contributed by atoms with Crippen molar-refractivity contribution in [3.63, 3.8) is 0 Å². The topological polar surface area (TPSA) is 72.2 Å². The number of hydrogen-bond donors (Lipinski definition) is 1. The molecule has 0 spiro atoms. The van der Waals surface area contributed by atoms with E-state index in [0.717, 1.165) is 0 Å². The highest BCUT2D eigenvalue weighted by atomic mass is 35.5. The molecule has 3 rings (SSSR count). The number of nitrogens with zero attached hydrogens (tertiary/aromatic N) is 1. The zero-order valence-corrected chi connectivity index (χ0v) is 14.4. The summed E-state index contributed by atoms with van der Waals surface area (Å²) in [4.78, 5) is 24.2. The first kappa shape index (κ1) is 16.9. The van der Waals surface area contributed by atoms with Gasteiger partial charge in [-0.3, -0.25) is 9.59 Å². The van der Waals surface area contributed by atoms with E-state index in [1.807, 2.05) is 6.07 Å². The third-order valence-electron chi connectivity index (χ3n) is 3.75. The van der Waals surface area contributed by atoms with Crippen LogP contribution >= 0.6 is 11.6 Å². The maximum Gasteiger partial charge on any atom is 0.261 e. The molecule has 1 aromatic heterocycles. The fourth-order valence-corrected chi connectivity index (χ4v) is 2.71. The lowest BCUT2D eigenvalue weighted by Crippen LogP contribution is -2.14. The SMILES string of the molecule is CC(=O)c1cccc(NC(=O)c2c(-c3ccccc3Cl)noc2C)c1. The molecular formula is C19H15ClN2O3. The number of amides is 1. The normalized spacial score (nSPS) is 10.5. The molecule has 126 valence electrons. The van der Waals surface area contributed by atoms with Crippen LogP contribution in [0.25, 0.3) is 11.3 Å². The van der Waals surface area contributed by atoms with Gasteiger partial charge >= 0.3 is 0 Å². The minimum atomic E-state index is -0.380. The monoisotopic (exact) mass is 354 g/mol. The fourth-order valence-electron chi connectivity index (χ4n) is 2.49. The number of carbonyl (C=O) groups is 2. The smallest absolute Gasteiger partial charge is 0.261 e. The molecule has 25 heavy (non-hydrogen) atoms. The number of aryl methyl sites for hydroxylation is 1. The van der Waals surface area contributed by atoms with Crippen molar-refractivity contribution in [2.24, 2.45) is 0 Å². The maximum atomic E-state index is 12.7. The average Bonchev–Trinajstić information content (AvgIpc) is 2.97. The second-order valence-corrected chi connectivity index (χ2v) is 5.94. The summed E-state index contributed by atoms with van der Waals surface area (Å²) in [6.45, 7) is 3.13. The van der Waals surface area contributed by atoms with Crippen molar-refractivity contribution in [2.75, 3.05) is 5.32 Å². The lowest BCUT2D eigenvalue weighted by Gasteiger charge is -2.07. The van der Waals surface area contributed by atoms with Crippen LogP contribution in [0.3, 0.4) is 0 Å². The first-order valence-electron chi connectivity index (χ1n) is 7.61. The maximum absolute atomic E-state index is 12.7. The third-order valence-corrected chi connectivity index (χ3v) is 4.08. The summed E-state index contributed by atoms with van der Waals surface area (Å²) in [6.07, 6.45) is 0. The molecule has 1 amide bonds. The molecule has 0 atom stereocenters. The number of ketones is 1. The molecule has 1 N–H and O–H groups in total. The van der Waals surface area contributed by atoms with Crippen LogP contribution in [0.4, 0.5) is 5.69 Å². The summed E-state index contributed by atoms with van der Waals surface area (Å²) < 4.78 is 5.20. The van der Waals surface area contributed by atoms with Crippen LogP contribution in [-0.4, -0.2) is 16.8 Å². The molecule has 2 aromatic carbocycles. The highest BCUT2D eigenvalue weighted by Gasteiger charge is 2.23. The molecule has 0 saturated heterocycles. The van der Waals surface area contributed by atoms with Crippen molar-refractivity contribution in [1.82, 2.24) is 5.16 Å². The van der Waals surface area contributed by atoms with Crippen molar-refractivity contribution in [3.8, 4) is 11.3 Å². The van der Waals surface area contributed by atoms with Crippen molar-refractivity contribution in [2.45, 2.75) is 13.8 Å². The van der Waals surface area contributed by atoms with Crippen LogP contribution in [0.15, 0.2) is 53.1 Å². The second-order valence-electron chi connectivity index (χ2n) is 5.53. The number of benzene rings is 2. The Labute approximate surface area is 149 Å². The van der Waals surface area contributed by atoms with Crippen LogP contribution in [0.1, 0.15) is 33.4 Å². The van der Waals surface area contributed by atoms with E-state index in [1.165, 1.54) is 6.92 Å². The molecule has 3 aromatic rings. The number of hydrogen-bond acceptors (Lipinski definition) is 4. The van der Waals surface area contributed by atoms with Crippen molar-refractivity contribution < 1.29 is 14.1 Å². The van der Waals surface area contributed by atoms with Gasteiger partial charge in [-0.15, -0.1) is 0 Å². The molecule has 0 unspecified atom stereocenters. The van der Waals surface area contributed by atoms with Gasteiger partial charge < -0.3 is 9.84 Å². The van der Waals surface area contributed by atoms with Crippen LogP contribution in [-0.2, 0) is 0 Å². The van der Waals surface area contributed by atoms with Gasteiger partial charge in [0.1, 0.15) is 17.0 Å². The van der Waals surface area contributed by atoms with Gasteiger partial charge in [-0.05, 0) is 32.0 Å². The van der Waals surface area contributed by atoms with Gasteiger partial charge in [-0.1, -0.05) is 47.1 Å². The summed E-state index contributed by atoms with van der Waals surface area (Å²) in [7, 11) is 0. The highest BCUT2D eigenvalue weighted by molar-refractivity contribution is 6.33. The van der Waals surface area contributed by atoms with E-state index >= 15 is 0 Å². The largest absolute Gasteiger partial charge is 0.360 e. The molecule has 0 saturated carbocycles. The Morgan fingerprint density at radius 3 is 2.60 bits per heavy atom. The summed E-state index contributed by atoms with van der Waals surface area (Å²) in [5, 5.41) is 7.23. The Morgan fingerprint density at radius 1 is 1.12 bits per heavy atom. The van der Waals surface area contributed by atoms with Crippen molar-refractivity contribution in [3.05, 3.63) is 70.4 Å².